The molecule has 2 N–H and O–H groups in total. The second kappa shape index (κ2) is 5.09. The van der Waals surface area contributed by atoms with Crippen molar-refractivity contribution in [2.45, 2.75) is 25.6 Å². The zero-order valence-electron chi connectivity index (χ0n) is 8.98. The molecule has 4 nitrogen and oxygen atoms in total. The van der Waals surface area contributed by atoms with Gasteiger partial charge in [-0.3, -0.25) is 4.79 Å². The summed E-state index contributed by atoms with van der Waals surface area (Å²) in [6.45, 7) is 0.571. The van der Waals surface area contributed by atoms with Crippen LogP contribution in [0.3, 0.4) is 0 Å². The van der Waals surface area contributed by atoms with Gasteiger partial charge < -0.3 is 15.2 Å². The van der Waals surface area contributed by atoms with Gasteiger partial charge in [-0.25, -0.2) is 0 Å². The molecule has 0 aliphatic carbocycles. The highest BCUT2D eigenvalue weighted by atomic mass is 16.5. The van der Waals surface area contributed by atoms with Gasteiger partial charge in [0.25, 0.3) is 5.91 Å². The summed E-state index contributed by atoms with van der Waals surface area (Å²) in [7, 11) is 0. The molecule has 1 amide bonds. The first-order chi connectivity index (χ1) is 7.81. The lowest BCUT2D eigenvalue weighted by Crippen LogP contribution is -2.27. The Morgan fingerprint density at radius 1 is 1.50 bits per heavy atom. The van der Waals surface area contributed by atoms with Crippen LogP contribution in [-0.2, 0) is 16.1 Å². The van der Waals surface area contributed by atoms with Crippen molar-refractivity contribution >= 4 is 11.6 Å². The summed E-state index contributed by atoms with van der Waals surface area (Å²) >= 11 is 0. The second-order valence-corrected chi connectivity index (χ2v) is 3.81. The van der Waals surface area contributed by atoms with Crippen LogP contribution in [0.25, 0.3) is 0 Å². The minimum atomic E-state index is -0.341. The molecule has 2 rings (SSSR count). The number of carbonyl (C=O) groups is 1. The molecule has 0 unspecified atom stereocenters. The molecule has 0 aromatic heterocycles. The molecule has 1 fully saturated rings. The topological polar surface area (TPSA) is 58.6 Å². The summed E-state index contributed by atoms with van der Waals surface area (Å²) in [5.74, 6) is -0.126. The molecule has 1 heterocycles. The van der Waals surface area contributed by atoms with Crippen LogP contribution in [0, 0.1) is 0 Å². The number of hydrogen-bond donors (Lipinski definition) is 2. The first-order valence-electron chi connectivity index (χ1n) is 5.42. The van der Waals surface area contributed by atoms with Gasteiger partial charge in [0, 0.05) is 17.9 Å². The number of rotatable bonds is 3. The highest BCUT2D eigenvalue weighted by Crippen LogP contribution is 2.18. The van der Waals surface area contributed by atoms with Crippen LogP contribution in [0.1, 0.15) is 18.4 Å². The summed E-state index contributed by atoms with van der Waals surface area (Å²) in [6.07, 6.45) is 1.36. The Labute approximate surface area is 94.2 Å². The van der Waals surface area contributed by atoms with Gasteiger partial charge in [0.05, 0.1) is 6.61 Å². The van der Waals surface area contributed by atoms with Crippen molar-refractivity contribution in [3.05, 3.63) is 29.8 Å². The first-order valence-corrected chi connectivity index (χ1v) is 5.42. The molecular formula is C12H15NO3. The number of aliphatic hydroxyl groups excluding tert-OH is 1. The maximum absolute atomic E-state index is 11.8. The van der Waals surface area contributed by atoms with E-state index in [1.807, 2.05) is 12.1 Å². The molecule has 1 aromatic carbocycles. The lowest BCUT2D eigenvalue weighted by Gasteiger charge is -2.12. The fraction of sp³-hybridized carbons (Fsp3) is 0.417. The number of hydrogen-bond acceptors (Lipinski definition) is 3. The summed E-state index contributed by atoms with van der Waals surface area (Å²) in [4.78, 5) is 11.8. The average Bonchev–Trinajstić information content (AvgIpc) is 2.83. The van der Waals surface area contributed by atoms with Gasteiger partial charge in [0.15, 0.2) is 0 Å². The van der Waals surface area contributed by atoms with E-state index in [4.69, 9.17) is 9.84 Å². The van der Waals surface area contributed by atoms with Crippen LogP contribution >= 0.6 is 0 Å². The van der Waals surface area contributed by atoms with Crippen molar-refractivity contribution in [1.29, 1.82) is 0 Å². The van der Waals surface area contributed by atoms with Crippen LogP contribution in [-0.4, -0.2) is 23.7 Å². The molecule has 0 bridgehead atoms. The first kappa shape index (κ1) is 11.1. The quantitative estimate of drug-likeness (QED) is 0.808. The lowest BCUT2D eigenvalue weighted by atomic mass is 10.1. The normalized spacial score (nSPS) is 19.7. The molecule has 4 heteroatoms. The Kier molecular flexibility index (Phi) is 3.54. The highest BCUT2D eigenvalue weighted by Gasteiger charge is 2.23. The van der Waals surface area contributed by atoms with E-state index < -0.39 is 0 Å². The standard InChI is InChI=1S/C12H15NO3/c14-8-9-4-1-2-5-10(9)13-12(15)11-6-3-7-16-11/h1-2,4-5,11,14H,3,6-8H2,(H,13,15)/t11-/m0/s1. The third-order valence-corrected chi connectivity index (χ3v) is 2.67. The lowest BCUT2D eigenvalue weighted by molar-refractivity contribution is -0.124. The Morgan fingerprint density at radius 3 is 3.00 bits per heavy atom. The van der Waals surface area contributed by atoms with Crippen LogP contribution in [0.4, 0.5) is 5.69 Å². The van der Waals surface area contributed by atoms with Crippen LogP contribution in [0.5, 0.6) is 0 Å². The number of carbonyl (C=O) groups excluding carboxylic acids is 1. The predicted octanol–water partition coefficient (Wildman–Crippen LogP) is 1.30. The van der Waals surface area contributed by atoms with Crippen molar-refractivity contribution in [3.8, 4) is 0 Å². The minimum Gasteiger partial charge on any atom is -0.392 e. The molecule has 0 spiro atoms. The van der Waals surface area contributed by atoms with Crippen LogP contribution in [0.15, 0.2) is 24.3 Å². The molecule has 1 atom stereocenters. The number of para-hydroxylation sites is 1. The van der Waals surface area contributed by atoms with E-state index in [-0.39, 0.29) is 18.6 Å². The maximum Gasteiger partial charge on any atom is 0.253 e. The summed E-state index contributed by atoms with van der Waals surface area (Å²) in [6, 6.07) is 7.21. The van der Waals surface area contributed by atoms with Gasteiger partial charge in [-0.05, 0) is 18.9 Å². The van der Waals surface area contributed by atoms with Crippen molar-refractivity contribution in [1.82, 2.24) is 0 Å². The molecule has 1 aromatic rings. The van der Waals surface area contributed by atoms with Gasteiger partial charge in [-0.15, -0.1) is 0 Å². The van der Waals surface area contributed by atoms with E-state index >= 15 is 0 Å². The number of nitrogens with one attached hydrogen (secondary N) is 1. The molecule has 86 valence electrons. The number of amides is 1. The molecule has 0 saturated carbocycles. The molecule has 1 saturated heterocycles. The third kappa shape index (κ3) is 2.40. The zero-order chi connectivity index (χ0) is 11.4. The van der Waals surface area contributed by atoms with E-state index in [1.165, 1.54) is 0 Å². The van der Waals surface area contributed by atoms with Crippen LogP contribution in [0.2, 0.25) is 0 Å². The van der Waals surface area contributed by atoms with Crippen LogP contribution < -0.4 is 5.32 Å². The molecule has 1 aliphatic heterocycles. The van der Waals surface area contributed by atoms with E-state index in [2.05, 4.69) is 5.32 Å². The number of benzene rings is 1. The number of anilines is 1. The van der Waals surface area contributed by atoms with E-state index in [0.717, 1.165) is 12.8 Å². The van der Waals surface area contributed by atoms with Gasteiger partial charge in [0.1, 0.15) is 6.10 Å². The van der Waals surface area contributed by atoms with E-state index in [0.29, 0.717) is 17.9 Å². The Hall–Kier alpha value is -1.39. The molecule has 16 heavy (non-hydrogen) atoms. The van der Waals surface area contributed by atoms with Gasteiger partial charge >= 0.3 is 0 Å². The van der Waals surface area contributed by atoms with Gasteiger partial charge in [-0.2, -0.15) is 0 Å². The number of aliphatic hydroxyl groups is 1. The van der Waals surface area contributed by atoms with Crippen molar-refractivity contribution < 1.29 is 14.6 Å². The van der Waals surface area contributed by atoms with E-state index in [9.17, 15) is 4.79 Å². The van der Waals surface area contributed by atoms with Gasteiger partial charge in [-0.1, -0.05) is 18.2 Å². The number of ether oxygens (including phenoxy) is 1. The average molecular weight is 221 g/mol. The molecular weight excluding hydrogens is 206 g/mol. The second-order valence-electron chi connectivity index (χ2n) is 3.81. The third-order valence-electron chi connectivity index (χ3n) is 2.67. The Morgan fingerprint density at radius 2 is 2.31 bits per heavy atom. The largest absolute Gasteiger partial charge is 0.392 e. The Bertz CT molecular complexity index is 372. The van der Waals surface area contributed by atoms with Gasteiger partial charge in [0.2, 0.25) is 0 Å². The summed E-state index contributed by atoms with van der Waals surface area (Å²) < 4.78 is 5.29. The maximum atomic E-state index is 11.8. The van der Waals surface area contributed by atoms with Crippen molar-refractivity contribution in [2.24, 2.45) is 0 Å². The molecule has 1 aliphatic rings. The SMILES string of the molecule is O=C(Nc1ccccc1CO)[C@@H]1CCCO1. The fourth-order valence-electron chi connectivity index (χ4n) is 1.78. The predicted molar refractivity (Wildman–Crippen MR) is 60.0 cm³/mol. The molecule has 0 radical (unpaired) electrons. The minimum absolute atomic E-state index is 0.0814. The Balaban J connectivity index is 2.05. The summed E-state index contributed by atoms with van der Waals surface area (Å²) in [5.41, 5.74) is 1.37. The summed E-state index contributed by atoms with van der Waals surface area (Å²) in [5, 5.41) is 11.9. The fourth-order valence-corrected chi connectivity index (χ4v) is 1.78. The van der Waals surface area contributed by atoms with E-state index in [1.54, 1.807) is 12.1 Å². The highest BCUT2D eigenvalue weighted by molar-refractivity contribution is 5.94. The monoisotopic (exact) mass is 221 g/mol. The van der Waals surface area contributed by atoms with Crippen molar-refractivity contribution in [3.63, 3.8) is 0 Å². The van der Waals surface area contributed by atoms with Crippen molar-refractivity contribution in [2.75, 3.05) is 11.9 Å². The zero-order valence-corrected chi connectivity index (χ0v) is 8.98. The smallest absolute Gasteiger partial charge is 0.253 e.